The average molecular weight is 294 g/mol. The third-order valence-electron chi connectivity index (χ3n) is 5.02. The molecule has 5 heteroatoms. The third kappa shape index (κ3) is 3.19. The van der Waals surface area contributed by atoms with Crippen molar-refractivity contribution in [1.29, 1.82) is 0 Å². The van der Waals surface area contributed by atoms with E-state index in [4.69, 9.17) is 14.0 Å². The van der Waals surface area contributed by atoms with Crippen molar-refractivity contribution >= 4 is 13.1 Å². The number of rotatable bonds is 3. The van der Waals surface area contributed by atoms with Crippen LogP contribution in [0, 0.1) is 11.8 Å². The molecule has 0 spiro atoms. The molecule has 0 N–H and O–H groups in total. The van der Waals surface area contributed by atoms with Crippen LogP contribution in [0.1, 0.15) is 54.4 Å². The third-order valence-corrected chi connectivity index (χ3v) is 5.02. The second kappa shape index (κ2) is 5.77. The van der Waals surface area contributed by atoms with Crippen molar-refractivity contribution in [2.75, 3.05) is 6.61 Å². The van der Waals surface area contributed by atoms with E-state index in [1.54, 1.807) is 0 Å². The monoisotopic (exact) mass is 294 g/mol. The van der Waals surface area contributed by atoms with Gasteiger partial charge in [0.1, 0.15) is 0 Å². The Morgan fingerprint density at radius 2 is 1.90 bits per heavy atom. The number of ether oxygens (including phenoxy) is 1. The largest absolute Gasteiger partial charge is 0.490 e. The summed E-state index contributed by atoms with van der Waals surface area (Å²) in [5.41, 5.74) is 0.515. The van der Waals surface area contributed by atoms with Crippen LogP contribution in [0.25, 0.3) is 0 Å². The van der Waals surface area contributed by atoms with Gasteiger partial charge in [0.05, 0.1) is 23.7 Å². The van der Waals surface area contributed by atoms with Crippen LogP contribution in [-0.4, -0.2) is 30.9 Å². The van der Waals surface area contributed by atoms with Crippen molar-refractivity contribution in [2.45, 2.75) is 65.6 Å². The van der Waals surface area contributed by atoms with Crippen LogP contribution < -0.4 is 0 Å². The smallest absolute Gasteiger partial charge is 0.466 e. The van der Waals surface area contributed by atoms with Crippen molar-refractivity contribution in [3.8, 4) is 0 Å². The van der Waals surface area contributed by atoms with E-state index in [0.717, 1.165) is 11.9 Å². The van der Waals surface area contributed by atoms with Crippen molar-refractivity contribution in [1.82, 2.24) is 0 Å². The lowest BCUT2D eigenvalue weighted by Gasteiger charge is -2.32. The predicted molar refractivity (Wildman–Crippen MR) is 82.7 cm³/mol. The first-order valence-corrected chi connectivity index (χ1v) is 7.89. The first-order chi connectivity index (χ1) is 9.68. The van der Waals surface area contributed by atoms with E-state index in [2.05, 4.69) is 40.7 Å². The van der Waals surface area contributed by atoms with E-state index < -0.39 is 0 Å². The Morgan fingerprint density at radius 3 is 2.38 bits per heavy atom. The molecule has 1 aliphatic heterocycles. The second-order valence-corrected chi connectivity index (χ2v) is 7.14. The lowest BCUT2D eigenvalue weighted by Crippen LogP contribution is -2.41. The van der Waals surface area contributed by atoms with Gasteiger partial charge in [-0.2, -0.15) is 0 Å². The minimum Gasteiger partial charge on any atom is -0.466 e. The van der Waals surface area contributed by atoms with Crippen LogP contribution >= 0.6 is 0 Å². The zero-order valence-electron chi connectivity index (χ0n) is 14.1. The SMILES string of the molecule is CCOC(=O)C1CC=C(B2OC(C)(C)C(C)(C)O2)C[C@@H]1C. The van der Waals surface area contributed by atoms with E-state index in [0.29, 0.717) is 13.0 Å². The zero-order chi connectivity index (χ0) is 15.8. The highest BCUT2D eigenvalue weighted by molar-refractivity contribution is 6.54. The van der Waals surface area contributed by atoms with Crippen LogP contribution in [0.3, 0.4) is 0 Å². The molecule has 1 saturated heterocycles. The van der Waals surface area contributed by atoms with E-state index >= 15 is 0 Å². The van der Waals surface area contributed by atoms with Gasteiger partial charge < -0.3 is 14.0 Å². The summed E-state index contributed by atoms with van der Waals surface area (Å²) in [6.07, 6.45) is 3.63. The number of allylic oxidation sites excluding steroid dienone is 2. The van der Waals surface area contributed by atoms with Crippen LogP contribution in [-0.2, 0) is 18.8 Å². The fourth-order valence-electron chi connectivity index (χ4n) is 2.87. The Kier molecular flexibility index (Phi) is 4.55. The van der Waals surface area contributed by atoms with Crippen LogP contribution in [0.4, 0.5) is 0 Å². The van der Waals surface area contributed by atoms with Gasteiger partial charge in [0.15, 0.2) is 0 Å². The Bertz CT molecular complexity index is 426. The Balaban J connectivity index is 2.06. The van der Waals surface area contributed by atoms with Gasteiger partial charge in [0.2, 0.25) is 0 Å². The summed E-state index contributed by atoms with van der Waals surface area (Å²) in [6, 6.07) is 0. The molecule has 1 fully saturated rings. The Hall–Kier alpha value is -0.805. The van der Waals surface area contributed by atoms with Crippen LogP contribution in [0.5, 0.6) is 0 Å². The number of hydrogen-bond donors (Lipinski definition) is 0. The molecule has 118 valence electrons. The molecule has 0 saturated carbocycles. The molecule has 4 nitrogen and oxygen atoms in total. The lowest BCUT2D eigenvalue weighted by atomic mass is 9.67. The number of carbonyl (C=O) groups is 1. The summed E-state index contributed by atoms with van der Waals surface area (Å²) < 4.78 is 17.3. The van der Waals surface area contributed by atoms with E-state index in [1.165, 1.54) is 0 Å². The summed E-state index contributed by atoms with van der Waals surface area (Å²) in [5.74, 6) is 0.119. The molecule has 1 heterocycles. The summed E-state index contributed by atoms with van der Waals surface area (Å²) in [6.45, 7) is 12.6. The topological polar surface area (TPSA) is 44.8 Å². The van der Waals surface area contributed by atoms with E-state index in [-0.39, 0.29) is 36.1 Å². The second-order valence-electron chi connectivity index (χ2n) is 7.14. The van der Waals surface area contributed by atoms with E-state index in [9.17, 15) is 4.79 Å². The minimum atomic E-state index is -0.320. The molecule has 2 atom stereocenters. The van der Waals surface area contributed by atoms with Crippen molar-refractivity contribution in [3.63, 3.8) is 0 Å². The Morgan fingerprint density at radius 1 is 1.33 bits per heavy atom. The summed E-state index contributed by atoms with van der Waals surface area (Å²) in [5, 5.41) is 0. The lowest BCUT2D eigenvalue weighted by molar-refractivity contribution is -0.149. The summed E-state index contributed by atoms with van der Waals surface area (Å²) >= 11 is 0. The molecule has 0 aromatic carbocycles. The molecule has 1 unspecified atom stereocenters. The van der Waals surface area contributed by atoms with Gasteiger partial charge in [0.25, 0.3) is 0 Å². The van der Waals surface area contributed by atoms with Gasteiger partial charge in [-0.3, -0.25) is 4.79 Å². The molecular formula is C16H27BO4. The number of carbonyl (C=O) groups excluding carboxylic acids is 1. The van der Waals surface area contributed by atoms with Gasteiger partial charge in [0, 0.05) is 0 Å². The van der Waals surface area contributed by atoms with Gasteiger partial charge in [-0.1, -0.05) is 13.0 Å². The summed E-state index contributed by atoms with van der Waals surface area (Å²) in [4.78, 5) is 11.9. The fourth-order valence-corrected chi connectivity index (χ4v) is 2.87. The van der Waals surface area contributed by atoms with Crippen molar-refractivity contribution < 1.29 is 18.8 Å². The predicted octanol–water partition coefficient (Wildman–Crippen LogP) is 3.15. The molecular weight excluding hydrogens is 267 g/mol. The maximum atomic E-state index is 11.9. The normalized spacial score (nSPS) is 31.0. The highest BCUT2D eigenvalue weighted by Gasteiger charge is 2.52. The Labute approximate surface area is 128 Å². The quantitative estimate of drug-likeness (QED) is 0.592. The van der Waals surface area contributed by atoms with Gasteiger partial charge in [-0.25, -0.2) is 0 Å². The standard InChI is InChI=1S/C16H27BO4/c1-7-19-14(18)13-9-8-12(10-11(13)2)17-20-15(3,4)16(5,6)21-17/h8,11,13H,7,9-10H2,1-6H3/t11-,13?/m0/s1. The zero-order valence-corrected chi connectivity index (χ0v) is 14.1. The van der Waals surface area contributed by atoms with Crippen LogP contribution in [0.15, 0.2) is 11.5 Å². The molecule has 0 aromatic heterocycles. The molecule has 21 heavy (non-hydrogen) atoms. The molecule has 0 amide bonds. The molecule has 1 aliphatic carbocycles. The highest BCUT2D eigenvalue weighted by Crippen LogP contribution is 2.41. The van der Waals surface area contributed by atoms with E-state index in [1.807, 2.05) is 6.92 Å². The number of hydrogen-bond acceptors (Lipinski definition) is 4. The van der Waals surface area contributed by atoms with Gasteiger partial charge in [-0.05, 0) is 58.9 Å². The summed E-state index contributed by atoms with van der Waals surface area (Å²) in [7, 11) is -0.291. The minimum absolute atomic E-state index is 0.0453. The molecule has 2 aliphatic rings. The molecule has 0 radical (unpaired) electrons. The fraction of sp³-hybridized carbons (Fsp3) is 0.812. The van der Waals surface area contributed by atoms with Gasteiger partial charge in [-0.15, -0.1) is 0 Å². The van der Waals surface area contributed by atoms with Crippen LogP contribution in [0.2, 0.25) is 0 Å². The maximum absolute atomic E-state index is 11.9. The molecule has 0 aromatic rings. The average Bonchev–Trinajstić information content (AvgIpc) is 2.58. The molecule has 2 rings (SSSR count). The maximum Gasteiger partial charge on any atom is 0.490 e. The van der Waals surface area contributed by atoms with Crippen molar-refractivity contribution in [2.24, 2.45) is 11.8 Å². The number of esters is 1. The highest BCUT2D eigenvalue weighted by atomic mass is 16.7. The van der Waals surface area contributed by atoms with Gasteiger partial charge >= 0.3 is 13.1 Å². The van der Waals surface area contributed by atoms with Crippen molar-refractivity contribution in [3.05, 3.63) is 11.5 Å². The first kappa shape index (κ1) is 16.6. The molecule has 0 bridgehead atoms. The first-order valence-electron chi connectivity index (χ1n) is 7.89.